The van der Waals surface area contributed by atoms with E-state index in [0.29, 0.717) is 6.42 Å². The number of hydrogen-bond donors (Lipinski definition) is 3. The normalized spacial score (nSPS) is 23.9. The molecule has 10 heteroatoms. The van der Waals surface area contributed by atoms with Gasteiger partial charge in [0.15, 0.2) is 9.84 Å². The first kappa shape index (κ1) is 15.4. The van der Waals surface area contributed by atoms with Crippen LogP contribution in [0.1, 0.15) is 19.3 Å². The van der Waals surface area contributed by atoms with Crippen LogP contribution in [-0.4, -0.2) is 55.9 Å². The maximum atomic E-state index is 11.7. The van der Waals surface area contributed by atoms with E-state index in [2.05, 4.69) is 21.2 Å². The van der Waals surface area contributed by atoms with Crippen LogP contribution in [0.5, 0.6) is 0 Å². The molecular weight excluding hydrogens is 300 g/mol. The van der Waals surface area contributed by atoms with Crippen LogP contribution in [0, 0.1) is 0 Å². The van der Waals surface area contributed by atoms with Gasteiger partial charge in [-0.25, -0.2) is 13.8 Å². The summed E-state index contributed by atoms with van der Waals surface area (Å²) in [6, 6.07) is -0.397. The van der Waals surface area contributed by atoms with E-state index in [1.807, 2.05) is 0 Å². The van der Waals surface area contributed by atoms with Gasteiger partial charge < -0.3 is 10.6 Å². The summed E-state index contributed by atoms with van der Waals surface area (Å²) in [5.74, 6) is -1.23. The quantitative estimate of drug-likeness (QED) is 0.535. The Morgan fingerprint density at radius 1 is 1.33 bits per heavy atom. The highest BCUT2D eigenvalue weighted by molar-refractivity contribution is 7.91. The van der Waals surface area contributed by atoms with Crippen molar-refractivity contribution in [3.8, 4) is 0 Å². The van der Waals surface area contributed by atoms with Gasteiger partial charge in [0.25, 0.3) is 5.91 Å². The topological polar surface area (TPSA) is 134 Å². The molecule has 0 aromatic heterocycles. The molecule has 0 saturated carbocycles. The van der Waals surface area contributed by atoms with Gasteiger partial charge in [0.2, 0.25) is 11.8 Å². The Morgan fingerprint density at radius 3 is 2.67 bits per heavy atom. The zero-order chi connectivity index (χ0) is 15.5. The number of carbonyl (C=O) groups excluding carboxylic acids is 3. The van der Waals surface area contributed by atoms with Crippen molar-refractivity contribution in [1.82, 2.24) is 16.1 Å². The van der Waals surface area contributed by atoms with Crippen molar-refractivity contribution in [2.75, 3.05) is 18.1 Å². The third-order valence-electron chi connectivity index (χ3n) is 3.17. The molecule has 3 N–H and O–H groups in total. The summed E-state index contributed by atoms with van der Waals surface area (Å²) in [4.78, 5) is 34.2. The lowest BCUT2D eigenvalue weighted by atomic mass is 10.1. The Kier molecular flexibility index (Phi) is 4.56. The molecule has 2 rings (SSSR count). The number of hydrogen-bond acceptors (Lipinski definition) is 6. The highest BCUT2D eigenvalue weighted by Crippen LogP contribution is 2.10. The van der Waals surface area contributed by atoms with Crippen LogP contribution < -0.4 is 16.1 Å². The fourth-order valence-electron chi connectivity index (χ4n) is 2.09. The van der Waals surface area contributed by atoms with Crippen molar-refractivity contribution in [3.05, 3.63) is 0 Å². The van der Waals surface area contributed by atoms with Crippen LogP contribution in [0.15, 0.2) is 5.10 Å². The molecule has 0 aromatic rings. The van der Waals surface area contributed by atoms with Gasteiger partial charge in [-0.05, 0) is 6.42 Å². The molecule has 116 valence electrons. The van der Waals surface area contributed by atoms with Gasteiger partial charge in [-0.1, -0.05) is 0 Å². The lowest BCUT2D eigenvalue weighted by molar-refractivity contribution is -0.124. The molecule has 0 bridgehead atoms. The fraction of sp³-hybridized carbons (Fsp3) is 0.636. The zero-order valence-electron chi connectivity index (χ0n) is 11.2. The molecule has 21 heavy (non-hydrogen) atoms. The SMILES string of the molecule is O=C1CCC(C(=O)NCC(=O)NC2CCS(=O)(=O)C2)=NN1. The van der Waals surface area contributed by atoms with Crippen molar-refractivity contribution in [2.45, 2.75) is 25.3 Å². The maximum Gasteiger partial charge on any atom is 0.267 e. The molecule has 0 spiro atoms. The van der Waals surface area contributed by atoms with E-state index >= 15 is 0 Å². The number of hydrazone groups is 1. The number of amides is 3. The third kappa shape index (κ3) is 4.52. The molecule has 0 radical (unpaired) electrons. The third-order valence-corrected chi connectivity index (χ3v) is 4.94. The molecule has 0 aliphatic carbocycles. The summed E-state index contributed by atoms with van der Waals surface area (Å²) < 4.78 is 22.5. The fourth-order valence-corrected chi connectivity index (χ4v) is 3.76. The summed E-state index contributed by atoms with van der Waals surface area (Å²) in [6.45, 7) is -0.262. The van der Waals surface area contributed by atoms with E-state index in [9.17, 15) is 22.8 Å². The molecule has 2 aliphatic rings. The van der Waals surface area contributed by atoms with Crippen LogP contribution in [0.3, 0.4) is 0 Å². The Morgan fingerprint density at radius 2 is 2.10 bits per heavy atom. The van der Waals surface area contributed by atoms with Crippen molar-refractivity contribution >= 4 is 33.3 Å². The second kappa shape index (κ2) is 6.20. The van der Waals surface area contributed by atoms with E-state index in [4.69, 9.17) is 0 Å². The summed E-state index contributed by atoms with van der Waals surface area (Å²) in [5, 5.41) is 8.54. The van der Waals surface area contributed by atoms with Crippen LogP contribution >= 0.6 is 0 Å². The summed E-state index contributed by atoms with van der Waals surface area (Å²) in [7, 11) is -3.06. The van der Waals surface area contributed by atoms with Crippen molar-refractivity contribution in [3.63, 3.8) is 0 Å². The monoisotopic (exact) mass is 316 g/mol. The number of sulfone groups is 1. The van der Waals surface area contributed by atoms with Crippen molar-refractivity contribution in [2.24, 2.45) is 5.10 Å². The number of carbonyl (C=O) groups is 3. The van der Waals surface area contributed by atoms with E-state index in [-0.39, 0.29) is 42.5 Å². The Balaban J connectivity index is 1.74. The smallest absolute Gasteiger partial charge is 0.267 e. The first-order chi connectivity index (χ1) is 9.85. The van der Waals surface area contributed by atoms with Gasteiger partial charge >= 0.3 is 0 Å². The maximum absolute atomic E-state index is 11.7. The van der Waals surface area contributed by atoms with Crippen molar-refractivity contribution in [1.29, 1.82) is 0 Å². The predicted octanol–water partition coefficient (Wildman–Crippen LogP) is -2.33. The van der Waals surface area contributed by atoms with Gasteiger partial charge in [0.05, 0.1) is 18.1 Å². The molecule has 1 unspecified atom stereocenters. The van der Waals surface area contributed by atoms with Gasteiger partial charge in [0, 0.05) is 18.9 Å². The molecule has 1 atom stereocenters. The van der Waals surface area contributed by atoms with Gasteiger partial charge in [-0.2, -0.15) is 5.10 Å². The minimum Gasteiger partial charge on any atom is -0.351 e. The Bertz CT molecular complexity index is 598. The first-order valence-electron chi connectivity index (χ1n) is 6.49. The van der Waals surface area contributed by atoms with Gasteiger partial charge in [-0.15, -0.1) is 0 Å². The molecule has 3 amide bonds. The van der Waals surface area contributed by atoms with E-state index in [0.717, 1.165) is 0 Å². The highest BCUT2D eigenvalue weighted by Gasteiger charge is 2.29. The standard InChI is InChI=1S/C11H16N4O5S/c16-9-2-1-8(14-15-9)11(18)12-5-10(17)13-7-3-4-21(19,20)6-7/h7H,1-6H2,(H,12,18)(H,13,17)(H,15,16). The van der Waals surface area contributed by atoms with Crippen molar-refractivity contribution < 1.29 is 22.8 Å². The number of rotatable bonds is 4. The highest BCUT2D eigenvalue weighted by atomic mass is 32.2. The van der Waals surface area contributed by atoms with Gasteiger partial charge in [-0.3, -0.25) is 14.4 Å². The lowest BCUT2D eigenvalue weighted by Gasteiger charge is -2.13. The largest absolute Gasteiger partial charge is 0.351 e. The molecule has 1 saturated heterocycles. The first-order valence-corrected chi connectivity index (χ1v) is 8.31. The minimum atomic E-state index is -3.06. The van der Waals surface area contributed by atoms with Crippen LogP contribution in [-0.2, 0) is 24.2 Å². The predicted molar refractivity (Wildman–Crippen MR) is 73.0 cm³/mol. The molecule has 9 nitrogen and oxygen atoms in total. The molecule has 2 aliphatic heterocycles. The molecular formula is C11H16N4O5S. The van der Waals surface area contributed by atoms with Gasteiger partial charge in [0.1, 0.15) is 5.71 Å². The second-order valence-electron chi connectivity index (χ2n) is 4.94. The average molecular weight is 316 g/mol. The van der Waals surface area contributed by atoms with E-state index in [1.165, 1.54) is 0 Å². The molecule has 1 fully saturated rings. The summed E-state index contributed by atoms with van der Waals surface area (Å²) in [5.41, 5.74) is 2.35. The Labute approximate surface area is 121 Å². The summed E-state index contributed by atoms with van der Waals surface area (Å²) in [6.07, 6.45) is 0.791. The van der Waals surface area contributed by atoms with Crippen LogP contribution in [0.4, 0.5) is 0 Å². The number of nitrogens with one attached hydrogen (secondary N) is 3. The van der Waals surface area contributed by atoms with Crippen LogP contribution in [0.2, 0.25) is 0 Å². The lowest BCUT2D eigenvalue weighted by Crippen LogP contribution is -2.45. The Hall–Kier alpha value is -1.97. The second-order valence-corrected chi connectivity index (χ2v) is 7.17. The zero-order valence-corrected chi connectivity index (χ0v) is 12.0. The minimum absolute atomic E-state index is 0.0641. The molecule has 2 heterocycles. The van der Waals surface area contributed by atoms with E-state index < -0.39 is 27.7 Å². The number of nitrogens with zero attached hydrogens (tertiary/aromatic N) is 1. The average Bonchev–Trinajstić information content (AvgIpc) is 2.76. The van der Waals surface area contributed by atoms with Crippen LogP contribution in [0.25, 0.3) is 0 Å². The molecule has 0 aromatic carbocycles. The summed E-state index contributed by atoms with van der Waals surface area (Å²) >= 11 is 0. The van der Waals surface area contributed by atoms with E-state index in [1.54, 1.807) is 0 Å².